The lowest BCUT2D eigenvalue weighted by Gasteiger charge is -2.07. The van der Waals surface area contributed by atoms with Crippen molar-refractivity contribution in [2.75, 3.05) is 0 Å². The summed E-state index contributed by atoms with van der Waals surface area (Å²) in [6.07, 6.45) is 3.09. The van der Waals surface area contributed by atoms with E-state index in [-0.39, 0.29) is 17.5 Å². The van der Waals surface area contributed by atoms with E-state index in [1.165, 1.54) is 6.07 Å². The zero-order chi connectivity index (χ0) is 10.8. The highest BCUT2D eigenvalue weighted by Gasteiger charge is 2.24. The highest BCUT2D eigenvalue weighted by atomic mass is 16.3. The van der Waals surface area contributed by atoms with Crippen LogP contribution in [0.3, 0.4) is 0 Å². The van der Waals surface area contributed by atoms with E-state index in [9.17, 15) is 9.59 Å². The summed E-state index contributed by atoms with van der Waals surface area (Å²) in [6.45, 7) is 0. The second-order valence-corrected chi connectivity index (χ2v) is 3.96. The Kier molecular flexibility index (Phi) is 2.58. The highest BCUT2D eigenvalue weighted by Crippen LogP contribution is 2.24. The van der Waals surface area contributed by atoms with Crippen molar-refractivity contribution < 1.29 is 9.90 Å². The van der Waals surface area contributed by atoms with Crippen molar-refractivity contribution in [3.05, 3.63) is 28.2 Å². The zero-order valence-electron chi connectivity index (χ0n) is 8.32. The molecule has 0 aliphatic heterocycles. The van der Waals surface area contributed by atoms with Crippen molar-refractivity contribution in [1.29, 1.82) is 0 Å². The third kappa shape index (κ3) is 2.09. The molecule has 1 heterocycles. The maximum atomic E-state index is 11.4. The van der Waals surface area contributed by atoms with Gasteiger partial charge in [-0.25, -0.2) is 0 Å². The lowest BCUT2D eigenvalue weighted by atomic mass is 10.0. The van der Waals surface area contributed by atoms with Gasteiger partial charge in [0.05, 0.1) is 0 Å². The molecule has 1 aromatic heterocycles. The van der Waals surface area contributed by atoms with Gasteiger partial charge in [0.2, 0.25) is 0 Å². The molecule has 4 nitrogen and oxygen atoms in total. The Hall–Kier alpha value is -1.58. The number of aromatic amines is 1. The van der Waals surface area contributed by atoms with E-state index >= 15 is 0 Å². The van der Waals surface area contributed by atoms with Crippen molar-refractivity contribution in [2.45, 2.75) is 25.7 Å². The third-order valence-corrected chi connectivity index (χ3v) is 2.85. The van der Waals surface area contributed by atoms with Crippen LogP contribution < -0.4 is 5.56 Å². The molecule has 0 amide bonds. The number of H-pyrrole nitrogens is 1. The van der Waals surface area contributed by atoms with Crippen molar-refractivity contribution in [3.8, 4) is 5.75 Å². The first-order valence-corrected chi connectivity index (χ1v) is 5.10. The van der Waals surface area contributed by atoms with Crippen molar-refractivity contribution in [3.63, 3.8) is 0 Å². The van der Waals surface area contributed by atoms with E-state index in [4.69, 9.17) is 5.11 Å². The van der Waals surface area contributed by atoms with Crippen LogP contribution in [0.1, 0.15) is 25.0 Å². The summed E-state index contributed by atoms with van der Waals surface area (Å²) < 4.78 is 0. The average Bonchev–Trinajstić information content (AvgIpc) is 2.59. The minimum atomic E-state index is -0.488. The summed E-state index contributed by atoms with van der Waals surface area (Å²) in [5.41, 5.74) is 0.232. The summed E-state index contributed by atoms with van der Waals surface area (Å²) in [6, 6.07) is 3.02. The number of aromatic nitrogens is 1. The van der Waals surface area contributed by atoms with Gasteiger partial charge in [-0.2, -0.15) is 0 Å². The van der Waals surface area contributed by atoms with Crippen LogP contribution in [0, 0.1) is 5.92 Å². The number of carbonyl (C=O) groups is 1. The summed E-state index contributed by atoms with van der Waals surface area (Å²) >= 11 is 0. The predicted molar refractivity (Wildman–Crippen MR) is 54.8 cm³/mol. The largest absolute Gasteiger partial charge is 0.503 e. The maximum Gasteiger partial charge on any atom is 0.290 e. The van der Waals surface area contributed by atoms with E-state index in [0.717, 1.165) is 18.5 Å². The molecule has 0 spiro atoms. The Morgan fingerprint density at radius 2 is 2.20 bits per heavy atom. The Balaban J connectivity index is 2.14. The van der Waals surface area contributed by atoms with Crippen LogP contribution in [0.15, 0.2) is 16.9 Å². The topological polar surface area (TPSA) is 70.2 Å². The van der Waals surface area contributed by atoms with Crippen molar-refractivity contribution >= 4 is 5.78 Å². The van der Waals surface area contributed by atoms with Gasteiger partial charge in [-0.05, 0) is 31.4 Å². The molecule has 15 heavy (non-hydrogen) atoms. The molecule has 0 bridgehead atoms. The Morgan fingerprint density at radius 3 is 2.80 bits per heavy atom. The molecule has 1 saturated carbocycles. The first-order chi connectivity index (χ1) is 7.16. The standard InChI is InChI=1S/C11H13NO3/c13-9-3-1-2-7(9)6-8-4-5-10(14)11(15)12-8/h4-5,7,14H,1-3,6H2,(H,12,15). The van der Waals surface area contributed by atoms with E-state index in [0.29, 0.717) is 12.8 Å². The fraction of sp³-hybridized carbons (Fsp3) is 0.455. The number of pyridine rings is 1. The van der Waals surface area contributed by atoms with Gasteiger partial charge in [0.15, 0.2) is 5.75 Å². The molecule has 2 N–H and O–H groups in total. The number of hydrogen-bond donors (Lipinski definition) is 2. The first-order valence-electron chi connectivity index (χ1n) is 5.10. The molecule has 2 rings (SSSR count). The van der Waals surface area contributed by atoms with Gasteiger partial charge in [0.1, 0.15) is 5.78 Å². The Bertz CT molecular complexity index is 436. The molecule has 0 aromatic carbocycles. The fourth-order valence-electron chi connectivity index (χ4n) is 1.99. The van der Waals surface area contributed by atoms with E-state index in [2.05, 4.69) is 4.98 Å². The van der Waals surface area contributed by atoms with E-state index in [1.54, 1.807) is 6.07 Å². The number of ketones is 1. The van der Waals surface area contributed by atoms with Gasteiger partial charge in [-0.15, -0.1) is 0 Å². The second kappa shape index (κ2) is 3.88. The minimum absolute atomic E-state index is 0.0465. The molecule has 1 aromatic rings. The van der Waals surface area contributed by atoms with Crippen LogP contribution in [-0.4, -0.2) is 15.9 Å². The van der Waals surface area contributed by atoms with E-state index < -0.39 is 5.56 Å². The fourth-order valence-corrected chi connectivity index (χ4v) is 1.99. The van der Waals surface area contributed by atoms with Gasteiger partial charge < -0.3 is 10.1 Å². The lowest BCUT2D eigenvalue weighted by Crippen LogP contribution is -2.14. The molecule has 1 fully saturated rings. The molecule has 4 heteroatoms. The van der Waals surface area contributed by atoms with Crippen LogP contribution in [0.2, 0.25) is 0 Å². The van der Waals surface area contributed by atoms with Gasteiger partial charge in [-0.1, -0.05) is 0 Å². The SMILES string of the molecule is O=C1CCCC1Cc1ccc(O)c(=O)[nH]1. The molecule has 1 atom stereocenters. The van der Waals surface area contributed by atoms with Gasteiger partial charge in [0, 0.05) is 18.0 Å². The monoisotopic (exact) mass is 207 g/mol. The summed E-state index contributed by atoms with van der Waals surface area (Å²) in [7, 11) is 0. The number of Topliss-reactive ketones (excluding diaryl/α,β-unsaturated/α-hetero) is 1. The Morgan fingerprint density at radius 1 is 1.40 bits per heavy atom. The highest BCUT2D eigenvalue weighted by molar-refractivity contribution is 5.83. The number of aromatic hydroxyl groups is 1. The molecule has 1 aliphatic rings. The molecule has 1 unspecified atom stereocenters. The zero-order valence-corrected chi connectivity index (χ0v) is 8.32. The van der Waals surface area contributed by atoms with Crippen molar-refractivity contribution in [2.24, 2.45) is 5.92 Å². The average molecular weight is 207 g/mol. The second-order valence-electron chi connectivity index (χ2n) is 3.96. The van der Waals surface area contributed by atoms with Crippen LogP contribution in [0.5, 0.6) is 5.75 Å². The van der Waals surface area contributed by atoms with Crippen LogP contribution >= 0.6 is 0 Å². The van der Waals surface area contributed by atoms with Crippen molar-refractivity contribution in [1.82, 2.24) is 4.98 Å². The third-order valence-electron chi connectivity index (χ3n) is 2.85. The summed E-state index contributed by atoms with van der Waals surface area (Å²) in [5, 5.41) is 9.05. The molecule has 1 aliphatic carbocycles. The molecular formula is C11H13NO3. The normalized spacial score (nSPS) is 20.8. The molecule has 80 valence electrons. The van der Waals surface area contributed by atoms with Crippen LogP contribution in [-0.2, 0) is 11.2 Å². The van der Waals surface area contributed by atoms with Gasteiger partial charge >= 0.3 is 0 Å². The maximum absolute atomic E-state index is 11.4. The summed E-state index contributed by atoms with van der Waals surface area (Å²) in [4.78, 5) is 25.1. The quantitative estimate of drug-likeness (QED) is 0.759. The summed E-state index contributed by atoms with van der Waals surface area (Å²) in [5.74, 6) is 0.0469. The minimum Gasteiger partial charge on any atom is -0.503 e. The smallest absolute Gasteiger partial charge is 0.290 e. The number of hydrogen-bond acceptors (Lipinski definition) is 3. The Labute approximate surface area is 87.0 Å². The first kappa shape index (κ1) is 9.96. The number of carbonyl (C=O) groups excluding carboxylic acids is 1. The molecule has 0 saturated heterocycles. The predicted octanol–water partition coefficient (Wildman–Crippen LogP) is 0.992. The lowest BCUT2D eigenvalue weighted by molar-refractivity contribution is -0.120. The van der Waals surface area contributed by atoms with E-state index in [1.807, 2.05) is 0 Å². The number of rotatable bonds is 2. The van der Waals surface area contributed by atoms with Gasteiger partial charge in [0.25, 0.3) is 5.56 Å². The van der Waals surface area contributed by atoms with Gasteiger partial charge in [-0.3, -0.25) is 9.59 Å². The molecular weight excluding hydrogens is 194 g/mol. The van der Waals surface area contributed by atoms with Crippen LogP contribution in [0.4, 0.5) is 0 Å². The van der Waals surface area contributed by atoms with Crippen LogP contribution in [0.25, 0.3) is 0 Å². The number of nitrogens with one attached hydrogen (secondary N) is 1. The molecule has 0 radical (unpaired) electrons.